The van der Waals surface area contributed by atoms with Crippen molar-refractivity contribution in [1.29, 1.82) is 0 Å². The monoisotopic (exact) mass is 258 g/mol. The standard InChI is InChI=1S/C7H6F8O/c1-3(2)5(9,10)4(8)6(11,12)16-7(13,14)15/h4H,1H2,2H3. The van der Waals surface area contributed by atoms with E-state index in [1.807, 2.05) is 4.74 Å². The number of halogens is 8. The summed E-state index contributed by atoms with van der Waals surface area (Å²) < 4.78 is 98.5. The summed E-state index contributed by atoms with van der Waals surface area (Å²) in [6, 6.07) is 0. The zero-order valence-corrected chi connectivity index (χ0v) is 7.72. The molecule has 96 valence electrons. The van der Waals surface area contributed by atoms with E-state index in [9.17, 15) is 35.1 Å². The maximum absolute atomic E-state index is 12.6. The van der Waals surface area contributed by atoms with E-state index < -0.39 is 30.1 Å². The molecule has 0 rings (SSSR count). The first-order valence-electron chi connectivity index (χ1n) is 3.63. The second-order valence-corrected chi connectivity index (χ2v) is 2.88. The number of rotatable bonds is 4. The van der Waals surface area contributed by atoms with Crippen molar-refractivity contribution in [3.8, 4) is 0 Å². The maximum atomic E-state index is 12.6. The summed E-state index contributed by atoms with van der Waals surface area (Å²) in [5.41, 5.74) is -1.34. The Hall–Kier alpha value is -0.860. The normalized spacial score (nSPS) is 16.1. The summed E-state index contributed by atoms with van der Waals surface area (Å²) in [6.45, 7) is 2.99. The number of hydrogen-bond acceptors (Lipinski definition) is 1. The first-order valence-corrected chi connectivity index (χ1v) is 3.63. The molecule has 1 nitrogen and oxygen atoms in total. The van der Waals surface area contributed by atoms with Crippen molar-refractivity contribution < 1.29 is 39.9 Å². The van der Waals surface area contributed by atoms with Crippen LogP contribution in [0.3, 0.4) is 0 Å². The van der Waals surface area contributed by atoms with Crippen molar-refractivity contribution in [2.45, 2.75) is 31.5 Å². The van der Waals surface area contributed by atoms with Gasteiger partial charge < -0.3 is 0 Å². The van der Waals surface area contributed by atoms with E-state index in [1.54, 1.807) is 0 Å². The Morgan fingerprint density at radius 2 is 1.44 bits per heavy atom. The third-order valence-electron chi connectivity index (χ3n) is 1.43. The summed E-state index contributed by atoms with van der Waals surface area (Å²) in [7, 11) is 0. The molecule has 0 heterocycles. The fourth-order valence-electron chi connectivity index (χ4n) is 0.633. The Balaban J connectivity index is 4.96. The minimum absolute atomic E-state index is 0.496. The van der Waals surface area contributed by atoms with Gasteiger partial charge in [0.1, 0.15) is 0 Å². The van der Waals surface area contributed by atoms with Gasteiger partial charge in [0.2, 0.25) is 0 Å². The van der Waals surface area contributed by atoms with Gasteiger partial charge in [-0.05, 0) is 12.5 Å². The smallest absolute Gasteiger partial charge is 0.231 e. The number of ether oxygens (including phenoxy) is 1. The van der Waals surface area contributed by atoms with Gasteiger partial charge in [-0.25, -0.2) is 9.13 Å². The van der Waals surface area contributed by atoms with Crippen LogP contribution < -0.4 is 0 Å². The molecule has 0 aliphatic heterocycles. The van der Waals surface area contributed by atoms with Crippen LogP contribution in [0.1, 0.15) is 6.92 Å². The molecule has 0 fully saturated rings. The first kappa shape index (κ1) is 15.1. The van der Waals surface area contributed by atoms with Crippen LogP contribution in [-0.4, -0.2) is 24.6 Å². The second-order valence-electron chi connectivity index (χ2n) is 2.88. The molecule has 0 spiro atoms. The van der Waals surface area contributed by atoms with Crippen LogP contribution in [0.15, 0.2) is 12.2 Å². The molecule has 1 atom stereocenters. The fourth-order valence-corrected chi connectivity index (χ4v) is 0.633. The van der Waals surface area contributed by atoms with Crippen LogP contribution in [0.4, 0.5) is 35.1 Å². The SMILES string of the molecule is C=C(C)C(F)(F)C(F)C(F)(F)OC(F)(F)F. The number of hydrogen-bond donors (Lipinski definition) is 0. The van der Waals surface area contributed by atoms with Gasteiger partial charge in [0, 0.05) is 0 Å². The Morgan fingerprint density at radius 3 is 1.69 bits per heavy atom. The van der Waals surface area contributed by atoms with Crippen molar-refractivity contribution in [2.75, 3.05) is 0 Å². The molecule has 0 radical (unpaired) electrons. The zero-order valence-electron chi connectivity index (χ0n) is 7.72. The Kier molecular flexibility index (Phi) is 3.96. The fraction of sp³-hybridized carbons (Fsp3) is 0.714. The lowest BCUT2D eigenvalue weighted by Gasteiger charge is -2.27. The van der Waals surface area contributed by atoms with Crippen LogP contribution >= 0.6 is 0 Å². The van der Waals surface area contributed by atoms with E-state index in [1.165, 1.54) is 0 Å². The summed E-state index contributed by atoms with van der Waals surface area (Å²) >= 11 is 0. The minimum atomic E-state index is -5.93. The first-order chi connectivity index (χ1) is 6.81. The van der Waals surface area contributed by atoms with Crippen LogP contribution in [0.5, 0.6) is 0 Å². The van der Waals surface area contributed by atoms with Crippen molar-refractivity contribution >= 4 is 0 Å². The minimum Gasteiger partial charge on any atom is -0.231 e. The van der Waals surface area contributed by atoms with E-state index in [0.29, 0.717) is 6.92 Å². The predicted octanol–water partition coefficient (Wildman–Crippen LogP) is 3.67. The Morgan fingerprint density at radius 1 is 1.06 bits per heavy atom. The van der Waals surface area contributed by atoms with E-state index in [0.717, 1.165) is 0 Å². The molecule has 0 aromatic rings. The molecule has 0 saturated heterocycles. The molecule has 0 aliphatic carbocycles. The molecule has 0 N–H and O–H groups in total. The van der Waals surface area contributed by atoms with Crippen molar-refractivity contribution in [3.63, 3.8) is 0 Å². The molecule has 0 aromatic carbocycles. The summed E-state index contributed by atoms with van der Waals surface area (Å²) in [6.07, 6.45) is -16.1. The lowest BCUT2D eigenvalue weighted by Crippen LogP contribution is -2.48. The van der Waals surface area contributed by atoms with E-state index >= 15 is 0 Å². The van der Waals surface area contributed by atoms with Gasteiger partial charge >= 0.3 is 18.4 Å². The van der Waals surface area contributed by atoms with Gasteiger partial charge in [-0.2, -0.15) is 17.6 Å². The van der Waals surface area contributed by atoms with Gasteiger partial charge in [0.25, 0.3) is 6.17 Å². The van der Waals surface area contributed by atoms with Gasteiger partial charge in [-0.3, -0.25) is 0 Å². The van der Waals surface area contributed by atoms with Crippen LogP contribution in [-0.2, 0) is 4.74 Å². The summed E-state index contributed by atoms with van der Waals surface area (Å²) in [4.78, 5) is 0. The van der Waals surface area contributed by atoms with Gasteiger partial charge in [-0.15, -0.1) is 13.2 Å². The molecule has 0 bridgehead atoms. The second kappa shape index (κ2) is 4.19. The van der Waals surface area contributed by atoms with E-state index in [-0.39, 0.29) is 0 Å². The van der Waals surface area contributed by atoms with E-state index in [4.69, 9.17) is 0 Å². The highest BCUT2D eigenvalue weighted by Gasteiger charge is 2.61. The quantitative estimate of drug-likeness (QED) is 0.552. The zero-order chi connectivity index (χ0) is 13.4. The Bertz CT molecular complexity index is 268. The lowest BCUT2D eigenvalue weighted by atomic mass is 10.1. The average Bonchev–Trinajstić information content (AvgIpc) is 1.97. The maximum Gasteiger partial charge on any atom is 0.527 e. The highest BCUT2D eigenvalue weighted by Crippen LogP contribution is 2.41. The van der Waals surface area contributed by atoms with Crippen LogP contribution in [0.2, 0.25) is 0 Å². The average molecular weight is 258 g/mol. The summed E-state index contributed by atoms with van der Waals surface area (Å²) in [5.74, 6) is -4.82. The molecule has 1 unspecified atom stereocenters. The Labute approximate surface area is 84.7 Å². The molecular weight excluding hydrogens is 252 g/mol. The molecule has 0 amide bonds. The van der Waals surface area contributed by atoms with Gasteiger partial charge in [0.05, 0.1) is 0 Å². The number of allylic oxidation sites excluding steroid dienone is 1. The largest absolute Gasteiger partial charge is 0.527 e. The predicted molar refractivity (Wildman–Crippen MR) is 36.7 cm³/mol. The van der Waals surface area contributed by atoms with E-state index in [2.05, 4.69) is 6.58 Å². The third kappa shape index (κ3) is 3.62. The molecule has 16 heavy (non-hydrogen) atoms. The highest BCUT2D eigenvalue weighted by atomic mass is 19.4. The van der Waals surface area contributed by atoms with Crippen molar-refractivity contribution in [1.82, 2.24) is 0 Å². The summed E-state index contributed by atoms with van der Waals surface area (Å²) in [5, 5.41) is 0. The van der Waals surface area contributed by atoms with Crippen molar-refractivity contribution in [2.24, 2.45) is 0 Å². The van der Waals surface area contributed by atoms with Crippen LogP contribution in [0, 0.1) is 0 Å². The molecule has 9 heteroatoms. The molecular formula is C7H6F8O. The number of alkyl halides is 8. The molecule has 0 saturated carbocycles. The van der Waals surface area contributed by atoms with Crippen molar-refractivity contribution in [3.05, 3.63) is 12.2 Å². The third-order valence-corrected chi connectivity index (χ3v) is 1.43. The highest BCUT2D eigenvalue weighted by molar-refractivity contribution is 5.09. The van der Waals surface area contributed by atoms with Gasteiger partial charge in [0.15, 0.2) is 0 Å². The molecule has 0 aliphatic rings. The van der Waals surface area contributed by atoms with Crippen LogP contribution in [0.25, 0.3) is 0 Å². The lowest BCUT2D eigenvalue weighted by molar-refractivity contribution is -0.444. The van der Waals surface area contributed by atoms with Gasteiger partial charge in [-0.1, -0.05) is 6.58 Å². The topological polar surface area (TPSA) is 9.23 Å². The molecule has 0 aromatic heterocycles.